The van der Waals surface area contributed by atoms with Crippen molar-refractivity contribution in [2.45, 2.75) is 26.4 Å². The topological polar surface area (TPSA) is 85.4 Å². The molecule has 0 radical (unpaired) electrons. The van der Waals surface area contributed by atoms with Gasteiger partial charge in [-0.1, -0.05) is 6.92 Å². The van der Waals surface area contributed by atoms with Crippen LogP contribution in [-0.4, -0.2) is 52.0 Å². The van der Waals surface area contributed by atoms with Gasteiger partial charge >= 0.3 is 0 Å². The van der Waals surface area contributed by atoms with Gasteiger partial charge in [-0.15, -0.1) is 0 Å². The molecule has 0 aliphatic heterocycles. The second-order valence-electron chi connectivity index (χ2n) is 5.08. The van der Waals surface area contributed by atoms with Crippen molar-refractivity contribution in [1.29, 1.82) is 0 Å². The Kier molecular flexibility index (Phi) is 5.26. The number of nitrogens with one attached hydrogen (secondary N) is 2. The molecule has 0 unspecified atom stereocenters. The minimum atomic E-state index is -0.875. The second-order valence-corrected chi connectivity index (χ2v) is 5.08. The largest absolute Gasteiger partial charge is 0.389 e. The quantitative estimate of drug-likeness (QED) is 0.695. The van der Waals surface area contributed by atoms with E-state index >= 15 is 0 Å². The molecule has 1 aromatic heterocycles. The van der Waals surface area contributed by atoms with Gasteiger partial charge in [-0.3, -0.25) is 19.8 Å². The van der Waals surface area contributed by atoms with Crippen LogP contribution in [0.3, 0.4) is 0 Å². The van der Waals surface area contributed by atoms with Crippen molar-refractivity contribution in [2.75, 3.05) is 19.6 Å². The highest BCUT2D eigenvalue weighted by atomic mass is 16.3. The zero-order chi connectivity index (χ0) is 14.5. The summed E-state index contributed by atoms with van der Waals surface area (Å²) in [6.45, 7) is 6.32. The van der Waals surface area contributed by atoms with E-state index in [2.05, 4.69) is 10.3 Å². The number of rotatable bonds is 6. The molecular formula is C13H21N3O3. The minimum Gasteiger partial charge on any atom is -0.389 e. The van der Waals surface area contributed by atoms with Crippen LogP contribution in [0.2, 0.25) is 0 Å². The molecule has 106 valence electrons. The summed E-state index contributed by atoms with van der Waals surface area (Å²) in [6, 6.07) is 3.28. The van der Waals surface area contributed by atoms with Crippen molar-refractivity contribution < 1.29 is 14.7 Å². The SMILES string of the molecule is CCN(CC(=O)NC(=O)c1ccc[nH]1)CC(C)(C)O. The van der Waals surface area contributed by atoms with Gasteiger partial charge in [-0.25, -0.2) is 0 Å². The van der Waals surface area contributed by atoms with Crippen LogP contribution in [0.4, 0.5) is 0 Å². The van der Waals surface area contributed by atoms with E-state index in [0.717, 1.165) is 0 Å². The monoisotopic (exact) mass is 267 g/mol. The molecule has 0 spiro atoms. The van der Waals surface area contributed by atoms with E-state index < -0.39 is 11.5 Å². The van der Waals surface area contributed by atoms with Crippen LogP contribution in [0.15, 0.2) is 18.3 Å². The molecule has 19 heavy (non-hydrogen) atoms. The Hall–Kier alpha value is -1.66. The molecule has 1 aromatic rings. The standard InChI is InChI=1S/C13H21N3O3/c1-4-16(9-13(2,3)19)8-11(17)15-12(18)10-6-5-7-14-10/h5-7,14,19H,4,8-9H2,1-3H3,(H,15,17,18). The van der Waals surface area contributed by atoms with Gasteiger partial charge < -0.3 is 10.1 Å². The number of hydrogen-bond donors (Lipinski definition) is 3. The number of aliphatic hydroxyl groups is 1. The van der Waals surface area contributed by atoms with E-state index in [1.165, 1.54) is 0 Å². The summed E-state index contributed by atoms with van der Waals surface area (Å²) in [7, 11) is 0. The highest BCUT2D eigenvalue weighted by molar-refractivity contribution is 6.04. The summed E-state index contributed by atoms with van der Waals surface area (Å²) in [6.07, 6.45) is 1.62. The lowest BCUT2D eigenvalue weighted by atomic mass is 10.1. The second kappa shape index (κ2) is 6.49. The van der Waals surface area contributed by atoms with Crippen molar-refractivity contribution in [3.05, 3.63) is 24.0 Å². The molecule has 0 saturated heterocycles. The molecule has 6 nitrogen and oxygen atoms in total. The van der Waals surface area contributed by atoms with Gasteiger partial charge in [0.25, 0.3) is 5.91 Å². The zero-order valence-electron chi connectivity index (χ0n) is 11.6. The lowest BCUT2D eigenvalue weighted by molar-refractivity contribution is -0.121. The number of H-pyrrole nitrogens is 1. The Bertz CT molecular complexity index is 421. The Balaban J connectivity index is 2.47. The minimum absolute atomic E-state index is 0.0763. The van der Waals surface area contributed by atoms with Crippen molar-refractivity contribution in [3.63, 3.8) is 0 Å². The van der Waals surface area contributed by atoms with Gasteiger partial charge in [-0.05, 0) is 32.5 Å². The van der Waals surface area contributed by atoms with E-state index in [4.69, 9.17) is 0 Å². The Morgan fingerprint density at radius 3 is 2.63 bits per heavy atom. The first-order valence-electron chi connectivity index (χ1n) is 6.24. The predicted molar refractivity (Wildman–Crippen MR) is 71.7 cm³/mol. The van der Waals surface area contributed by atoms with Crippen molar-refractivity contribution in [2.24, 2.45) is 0 Å². The van der Waals surface area contributed by atoms with E-state index in [9.17, 15) is 14.7 Å². The first-order chi connectivity index (χ1) is 8.81. The molecule has 0 fully saturated rings. The molecule has 2 amide bonds. The summed E-state index contributed by atoms with van der Waals surface area (Å²) in [4.78, 5) is 27.9. The number of aromatic amines is 1. The molecule has 0 atom stereocenters. The van der Waals surface area contributed by atoms with E-state index in [0.29, 0.717) is 18.8 Å². The third kappa shape index (κ3) is 5.67. The maximum absolute atomic E-state index is 11.7. The van der Waals surface area contributed by atoms with Crippen molar-refractivity contribution in [3.8, 4) is 0 Å². The van der Waals surface area contributed by atoms with Crippen LogP contribution in [0.25, 0.3) is 0 Å². The van der Waals surface area contributed by atoms with Crippen LogP contribution in [0, 0.1) is 0 Å². The average Bonchev–Trinajstić information content (AvgIpc) is 2.79. The number of amides is 2. The third-order valence-electron chi connectivity index (χ3n) is 2.52. The smallest absolute Gasteiger partial charge is 0.274 e. The Labute approximate surface area is 112 Å². The van der Waals surface area contributed by atoms with Crippen LogP contribution in [0.1, 0.15) is 31.3 Å². The molecule has 0 aliphatic rings. The van der Waals surface area contributed by atoms with Gasteiger partial charge in [0, 0.05) is 12.7 Å². The van der Waals surface area contributed by atoms with Crippen LogP contribution < -0.4 is 5.32 Å². The third-order valence-corrected chi connectivity index (χ3v) is 2.52. The first-order valence-corrected chi connectivity index (χ1v) is 6.24. The van der Waals surface area contributed by atoms with Crippen molar-refractivity contribution in [1.82, 2.24) is 15.2 Å². The average molecular weight is 267 g/mol. The number of imide groups is 1. The molecule has 0 saturated carbocycles. The summed E-state index contributed by atoms with van der Waals surface area (Å²) in [5.41, 5.74) is -0.529. The highest BCUT2D eigenvalue weighted by Crippen LogP contribution is 2.04. The molecule has 0 bridgehead atoms. The summed E-state index contributed by atoms with van der Waals surface area (Å²) in [5, 5.41) is 12.0. The number of likely N-dealkylation sites (N-methyl/N-ethyl adjacent to an activating group) is 1. The van der Waals surface area contributed by atoms with Crippen LogP contribution in [-0.2, 0) is 4.79 Å². The van der Waals surface area contributed by atoms with Crippen molar-refractivity contribution >= 4 is 11.8 Å². The maximum atomic E-state index is 11.7. The highest BCUT2D eigenvalue weighted by Gasteiger charge is 2.20. The fraction of sp³-hybridized carbons (Fsp3) is 0.538. The lowest BCUT2D eigenvalue weighted by Crippen LogP contribution is -2.45. The molecule has 1 rings (SSSR count). The fourth-order valence-corrected chi connectivity index (χ4v) is 1.73. The molecule has 0 aliphatic carbocycles. The van der Waals surface area contributed by atoms with Gasteiger partial charge in [0.05, 0.1) is 12.1 Å². The van der Waals surface area contributed by atoms with E-state index in [-0.39, 0.29) is 12.5 Å². The van der Waals surface area contributed by atoms with Crippen LogP contribution >= 0.6 is 0 Å². The molecule has 1 heterocycles. The first kappa shape index (κ1) is 15.4. The summed E-state index contributed by atoms with van der Waals surface area (Å²) >= 11 is 0. The number of carbonyl (C=O) groups is 2. The Morgan fingerprint density at radius 1 is 1.47 bits per heavy atom. The predicted octanol–water partition coefficient (Wildman–Crippen LogP) is 0.364. The zero-order valence-corrected chi connectivity index (χ0v) is 11.6. The molecule has 0 aromatic carbocycles. The molecule has 6 heteroatoms. The van der Waals surface area contributed by atoms with Gasteiger partial charge in [0.1, 0.15) is 5.69 Å². The number of carbonyl (C=O) groups excluding carboxylic acids is 2. The maximum Gasteiger partial charge on any atom is 0.274 e. The lowest BCUT2D eigenvalue weighted by Gasteiger charge is -2.27. The molecule has 3 N–H and O–H groups in total. The van der Waals surface area contributed by atoms with E-state index in [1.54, 1.807) is 37.1 Å². The molecular weight excluding hydrogens is 246 g/mol. The van der Waals surface area contributed by atoms with Gasteiger partial charge in [0.15, 0.2) is 0 Å². The summed E-state index contributed by atoms with van der Waals surface area (Å²) < 4.78 is 0. The van der Waals surface area contributed by atoms with Gasteiger partial charge in [-0.2, -0.15) is 0 Å². The number of nitrogens with zero attached hydrogens (tertiary/aromatic N) is 1. The summed E-state index contributed by atoms with van der Waals surface area (Å²) in [5.74, 6) is -0.833. The van der Waals surface area contributed by atoms with Crippen LogP contribution in [0.5, 0.6) is 0 Å². The number of hydrogen-bond acceptors (Lipinski definition) is 4. The normalized spacial score (nSPS) is 11.6. The fourth-order valence-electron chi connectivity index (χ4n) is 1.73. The number of aromatic nitrogens is 1. The Morgan fingerprint density at radius 2 is 2.16 bits per heavy atom. The van der Waals surface area contributed by atoms with Gasteiger partial charge in [0.2, 0.25) is 5.91 Å². The van der Waals surface area contributed by atoms with E-state index in [1.807, 2.05) is 6.92 Å².